The molecule has 0 saturated carbocycles. The molecular formula is C14H22O2. The first kappa shape index (κ1) is 13.0. The van der Waals surface area contributed by atoms with Crippen molar-refractivity contribution in [3.05, 3.63) is 28.8 Å². The molecule has 16 heavy (non-hydrogen) atoms. The summed E-state index contributed by atoms with van der Waals surface area (Å²) in [4.78, 5) is 0. The molecule has 0 aliphatic rings. The van der Waals surface area contributed by atoms with Crippen LogP contribution in [0.1, 0.15) is 37.0 Å². The minimum atomic E-state index is -0.403. The normalized spacial score (nSPS) is 14.6. The second kappa shape index (κ2) is 5.35. The Balaban J connectivity index is 2.88. The second-order valence-corrected chi connectivity index (χ2v) is 4.50. The number of aliphatic hydroxyl groups is 1. The van der Waals surface area contributed by atoms with Gasteiger partial charge in [-0.05, 0) is 56.9 Å². The van der Waals surface area contributed by atoms with E-state index in [1.54, 1.807) is 0 Å². The molecule has 0 saturated heterocycles. The molecule has 2 heteroatoms. The molecule has 1 rings (SSSR count). The maximum atomic E-state index is 9.69. The van der Waals surface area contributed by atoms with E-state index in [0.29, 0.717) is 6.42 Å². The van der Waals surface area contributed by atoms with E-state index in [4.69, 9.17) is 4.74 Å². The fraction of sp³-hybridized carbons (Fsp3) is 0.571. The van der Waals surface area contributed by atoms with Crippen molar-refractivity contribution in [2.75, 3.05) is 0 Å². The minimum Gasteiger partial charge on any atom is -0.488 e. The summed E-state index contributed by atoms with van der Waals surface area (Å²) in [6.07, 6.45) is 0.149. The van der Waals surface area contributed by atoms with E-state index in [9.17, 15) is 5.11 Å². The van der Waals surface area contributed by atoms with Crippen LogP contribution in [0.2, 0.25) is 0 Å². The molecule has 0 aliphatic carbocycles. The van der Waals surface area contributed by atoms with Gasteiger partial charge in [0.2, 0.25) is 0 Å². The molecule has 0 amide bonds. The molecule has 1 aromatic rings. The molecule has 0 bridgehead atoms. The van der Waals surface area contributed by atoms with Gasteiger partial charge in [-0.1, -0.05) is 13.0 Å². The predicted octanol–water partition coefficient (Wildman–Crippen LogP) is 3.15. The van der Waals surface area contributed by atoms with Crippen molar-refractivity contribution in [3.8, 4) is 5.75 Å². The Bertz CT molecular complexity index is 358. The molecule has 0 fully saturated rings. The van der Waals surface area contributed by atoms with Crippen LogP contribution in [0, 0.1) is 20.8 Å². The van der Waals surface area contributed by atoms with E-state index in [1.165, 1.54) is 11.1 Å². The highest BCUT2D eigenvalue weighted by Crippen LogP contribution is 2.25. The lowest BCUT2D eigenvalue weighted by Gasteiger charge is -2.21. The number of aryl methyl sites for hydroxylation is 2. The first-order chi connectivity index (χ1) is 7.45. The van der Waals surface area contributed by atoms with Crippen molar-refractivity contribution in [1.82, 2.24) is 0 Å². The molecule has 2 nitrogen and oxygen atoms in total. The van der Waals surface area contributed by atoms with Crippen molar-refractivity contribution < 1.29 is 9.84 Å². The molecule has 0 radical (unpaired) electrons. The third kappa shape index (κ3) is 2.99. The number of ether oxygens (including phenoxy) is 1. The first-order valence-corrected chi connectivity index (χ1v) is 5.88. The van der Waals surface area contributed by atoms with Crippen molar-refractivity contribution in [3.63, 3.8) is 0 Å². The monoisotopic (exact) mass is 222 g/mol. The lowest BCUT2D eigenvalue weighted by atomic mass is 10.1. The highest BCUT2D eigenvalue weighted by atomic mass is 16.5. The SMILES string of the molecule is CCC(O)C(C)Oc1cc(C)cc(C)c1C. The topological polar surface area (TPSA) is 29.5 Å². The lowest BCUT2D eigenvalue weighted by molar-refractivity contribution is 0.0447. The van der Waals surface area contributed by atoms with Crippen molar-refractivity contribution >= 4 is 0 Å². The Morgan fingerprint density at radius 2 is 1.88 bits per heavy atom. The Morgan fingerprint density at radius 1 is 1.25 bits per heavy atom. The fourth-order valence-electron chi connectivity index (χ4n) is 1.73. The summed E-state index contributed by atoms with van der Waals surface area (Å²) >= 11 is 0. The quantitative estimate of drug-likeness (QED) is 0.848. The highest BCUT2D eigenvalue weighted by Gasteiger charge is 2.15. The van der Waals surface area contributed by atoms with Gasteiger partial charge in [0.05, 0.1) is 6.10 Å². The highest BCUT2D eigenvalue weighted by molar-refractivity contribution is 5.42. The summed E-state index contributed by atoms with van der Waals surface area (Å²) in [5.41, 5.74) is 3.57. The third-order valence-corrected chi connectivity index (χ3v) is 3.04. The lowest BCUT2D eigenvalue weighted by Crippen LogP contribution is -2.28. The van der Waals surface area contributed by atoms with Crippen LogP contribution in [-0.4, -0.2) is 17.3 Å². The van der Waals surface area contributed by atoms with Gasteiger partial charge in [-0.2, -0.15) is 0 Å². The molecule has 1 N–H and O–H groups in total. The number of benzene rings is 1. The van der Waals surface area contributed by atoms with Crippen LogP contribution in [-0.2, 0) is 0 Å². The average Bonchev–Trinajstić information content (AvgIpc) is 2.23. The molecule has 2 atom stereocenters. The average molecular weight is 222 g/mol. The van der Waals surface area contributed by atoms with Gasteiger partial charge in [-0.25, -0.2) is 0 Å². The summed E-state index contributed by atoms with van der Waals surface area (Å²) in [5, 5.41) is 9.69. The Kier molecular flexibility index (Phi) is 4.36. The van der Waals surface area contributed by atoms with Crippen LogP contribution in [0.3, 0.4) is 0 Å². The number of hydrogen-bond acceptors (Lipinski definition) is 2. The van der Waals surface area contributed by atoms with Gasteiger partial charge in [0.15, 0.2) is 0 Å². The number of aliphatic hydroxyl groups excluding tert-OH is 1. The van der Waals surface area contributed by atoms with E-state index in [-0.39, 0.29) is 6.10 Å². The van der Waals surface area contributed by atoms with Gasteiger partial charge in [-0.3, -0.25) is 0 Å². The summed E-state index contributed by atoms with van der Waals surface area (Å²) in [5.74, 6) is 0.887. The zero-order chi connectivity index (χ0) is 12.3. The van der Waals surface area contributed by atoms with Crippen LogP contribution in [0.5, 0.6) is 5.75 Å². The van der Waals surface area contributed by atoms with Gasteiger partial charge >= 0.3 is 0 Å². The van der Waals surface area contributed by atoms with Crippen LogP contribution in [0.25, 0.3) is 0 Å². The second-order valence-electron chi connectivity index (χ2n) is 4.50. The van der Waals surface area contributed by atoms with E-state index < -0.39 is 6.10 Å². The zero-order valence-electron chi connectivity index (χ0n) is 10.9. The molecule has 0 aliphatic heterocycles. The van der Waals surface area contributed by atoms with Crippen LogP contribution < -0.4 is 4.74 Å². The summed E-state index contributed by atoms with van der Waals surface area (Å²) < 4.78 is 5.81. The molecule has 90 valence electrons. The molecule has 2 unspecified atom stereocenters. The van der Waals surface area contributed by atoms with E-state index in [2.05, 4.69) is 26.8 Å². The van der Waals surface area contributed by atoms with Gasteiger partial charge < -0.3 is 9.84 Å². The summed E-state index contributed by atoms with van der Waals surface area (Å²) in [6.45, 7) is 10.1. The number of rotatable bonds is 4. The summed E-state index contributed by atoms with van der Waals surface area (Å²) in [6, 6.07) is 4.17. The van der Waals surface area contributed by atoms with E-state index in [0.717, 1.165) is 11.3 Å². The number of hydrogen-bond donors (Lipinski definition) is 1. The van der Waals surface area contributed by atoms with E-state index in [1.807, 2.05) is 19.9 Å². The standard InChI is InChI=1S/C14H22O2/c1-6-13(15)12(5)16-14-8-9(2)7-10(3)11(14)4/h7-8,12-13,15H,6H2,1-5H3. The van der Waals surface area contributed by atoms with Gasteiger partial charge in [0, 0.05) is 0 Å². The van der Waals surface area contributed by atoms with Crippen molar-refractivity contribution in [2.24, 2.45) is 0 Å². The van der Waals surface area contributed by atoms with Gasteiger partial charge in [0.1, 0.15) is 11.9 Å². The minimum absolute atomic E-state index is 0.162. The van der Waals surface area contributed by atoms with Crippen LogP contribution in [0.15, 0.2) is 12.1 Å². The maximum absolute atomic E-state index is 9.69. The Morgan fingerprint density at radius 3 is 2.44 bits per heavy atom. The molecule has 0 heterocycles. The predicted molar refractivity (Wildman–Crippen MR) is 67.0 cm³/mol. The molecule has 1 aromatic carbocycles. The maximum Gasteiger partial charge on any atom is 0.123 e. The zero-order valence-corrected chi connectivity index (χ0v) is 10.9. The van der Waals surface area contributed by atoms with Crippen molar-refractivity contribution in [2.45, 2.75) is 53.2 Å². The van der Waals surface area contributed by atoms with E-state index >= 15 is 0 Å². The van der Waals surface area contributed by atoms with Gasteiger partial charge in [0.25, 0.3) is 0 Å². The third-order valence-electron chi connectivity index (χ3n) is 3.04. The molecular weight excluding hydrogens is 200 g/mol. The molecule has 0 aromatic heterocycles. The fourth-order valence-corrected chi connectivity index (χ4v) is 1.73. The smallest absolute Gasteiger partial charge is 0.123 e. The van der Waals surface area contributed by atoms with Crippen molar-refractivity contribution in [1.29, 1.82) is 0 Å². The largest absolute Gasteiger partial charge is 0.488 e. The first-order valence-electron chi connectivity index (χ1n) is 5.88. The summed E-state index contributed by atoms with van der Waals surface area (Å²) in [7, 11) is 0. The Labute approximate surface area is 98.3 Å². The van der Waals surface area contributed by atoms with Crippen LogP contribution >= 0.6 is 0 Å². The van der Waals surface area contributed by atoms with Gasteiger partial charge in [-0.15, -0.1) is 0 Å². The van der Waals surface area contributed by atoms with Crippen LogP contribution in [0.4, 0.5) is 0 Å². The Hall–Kier alpha value is -1.02. The molecule has 0 spiro atoms.